The van der Waals surface area contributed by atoms with Crippen molar-refractivity contribution in [2.75, 3.05) is 7.05 Å². The minimum Gasteiger partial charge on any atom is -0.506 e. The van der Waals surface area contributed by atoms with E-state index in [1.54, 1.807) is 6.21 Å². The quantitative estimate of drug-likeness (QED) is 0.238. The van der Waals surface area contributed by atoms with Crippen molar-refractivity contribution < 1.29 is 14.7 Å². The molecule has 0 aliphatic heterocycles. The maximum Gasteiger partial charge on any atom is 0.271 e. The molecule has 0 saturated carbocycles. The first kappa shape index (κ1) is 25.9. The number of benzene rings is 4. The number of carbonyl (C=O) groups is 2. The summed E-state index contributed by atoms with van der Waals surface area (Å²) >= 11 is 5.88. The Balaban J connectivity index is 1.47. The van der Waals surface area contributed by atoms with Crippen LogP contribution < -0.4 is 5.43 Å². The molecule has 0 aromatic heterocycles. The van der Waals surface area contributed by atoms with Crippen LogP contribution in [0.4, 0.5) is 0 Å². The number of hydrogen-bond acceptors (Lipinski definition) is 4. The molecule has 188 valence electrons. The van der Waals surface area contributed by atoms with E-state index in [1.807, 2.05) is 66.5 Å². The van der Waals surface area contributed by atoms with Gasteiger partial charge in [-0.1, -0.05) is 78.3 Å². The van der Waals surface area contributed by atoms with Gasteiger partial charge in [0.15, 0.2) is 0 Å². The number of phenolic OH excluding ortho intramolecular Hbond substituents is 1. The minimum absolute atomic E-state index is 0.0508. The average Bonchev–Trinajstić information content (AvgIpc) is 2.91. The van der Waals surface area contributed by atoms with Crippen molar-refractivity contribution in [1.29, 1.82) is 0 Å². The maximum atomic E-state index is 13.1. The molecule has 6 nitrogen and oxygen atoms in total. The van der Waals surface area contributed by atoms with Crippen LogP contribution in [0.25, 0.3) is 10.8 Å². The molecule has 0 spiro atoms. The van der Waals surface area contributed by atoms with Crippen molar-refractivity contribution >= 4 is 40.4 Å². The van der Waals surface area contributed by atoms with Crippen molar-refractivity contribution in [2.45, 2.75) is 25.8 Å². The highest BCUT2D eigenvalue weighted by molar-refractivity contribution is 6.32. The van der Waals surface area contributed by atoms with Crippen molar-refractivity contribution in [3.8, 4) is 5.75 Å². The first-order chi connectivity index (χ1) is 17.8. The third-order valence-corrected chi connectivity index (χ3v) is 6.70. The molecule has 0 radical (unpaired) electrons. The number of rotatable bonds is 8. The third kappa shape index (κ3) is 6.35. The maximum absolute atomic E-state index is 13.1. The van der Waals surface area contributed by atoms with Gasteiger partial charge in [-0.3, -0.25) is 9.59 Å². The second kappa shape index (κ2) is 11.7. The summed E-state index contributed by atoms with van der Waals surface area (Å²) in [6.45, 7) is 2.06. The Morgan fingerprint density at radius 3 is 2.43 bits per heavy atom. The predicted octanol–water partition coefficient (Wildman–Crippen LogP) is 5.59. The van der Waals surface area contributed by atoms with Crippen molar-refractivity contribution in [3.63, 3.8) is 0 Å². The molecule has 1 atom stereocenters. The second-order valence-corrected chi connectivity index (χ2v) is 9.35. The second-order valence-electron chi connectivity index (χ2n) is 8.94. The molecule has 0 fully saturated rings. The van der Waals surface area contributed by atoms with Crippen LogP contribution in [0, 0.1) is 0 Å². The average molecular weight is 514 g/mol. The van der Waals surface area contributed by atoms with Crippen molar-refractivity contribution in [1.82, 2.24) is 10.3 Å². The van der Waals surface area contributed by atoms with E-state index in [2.05, 4.69) is 29.6 Å². The number of halogens is 1. The highest BCUT2D eigenvalue weighted by atomic mass is 35.5. The van der Waals surface area contributed by atoms with Gasteiger partial charge in [0.25, 0.3) is 5.91 Å². The smallest absolute Gasteiger partial charge is 0.271 e. The zero-order valence-corrected chi connectivity index (χ0v) is 21.4. The first-order valence-electron chi connectivity index (χ1n) is 12.0. The molecular weight excluding hydrogens is 486 g/mol. The van der Waals surface area contributed by atoms with Gasteiger partial charge in [0.2, 0.25) is 5.91 Å². The summed E-state index contributed by atoms with van der Waals surface area (Å²) < 4.78 is 0. The highest BCUT2D eigenvalue weighted by Crippen LogP contribution is 2.24. The van der Waals surface area contributed by atoms with Crippen LogP contribution in [0.2, 0.25) is 5.02 Å². The summed E-state index contributed by atoms with van der Waals surface area (Å²) in [5, 5.41) is 15.6. The number of fused-ring (bicyclic) bond motifs is 1. The van der Waals surface area contributed by atoms with E-state index in [0.29, 0.717) is 0 Å². The number of phenols is 1. The molecule has 4 rings (SSSR count). The van der Waals surface area contributed by atoms with Gasteiger partial charge in [-0.25, -0.2) is 5.43 Å². The molecule has 0 heterocycles. The summed E-state index contributed by atoms with van der Waals surface area (Å²) in [4.78, 5) is 27.3. The molecule has 37 heavy (non-hydrogen) atoms. The Labute approximate surface area is 221 Å². The van der Waals surface area contributed by atoms with E-state index in [4.69, 9.17) is 11.6 Å². The molecule has 0 saturated heterocycles. The van der Waals surface area contributed by atoms with Gasteiger partial charge in [-0.15, -0.1) is 0 Å². The fraction of sp³-hybridized carbons (Fsp3) is 0.167. The van der Waals surface area contributed by atoms with Gasteiger partial charge in [0.1, 0.15) is 5.75 Å². The number of nitrogens with one attached hydrogen (secondary N) is 1. The van der Waals surface area contributed by atoms with E-state index in [0.717, 1.165) is 28.3 Å². The van der Waals surface area contributed by atoms with Gasteiger partial charge in [0, 0.05) is 24.2 Å². The topological polar surface area (TPSA) is 82.0 Å². The number of hydrogen-bond donors (Lipinski definition) is 2. The standard InChI is InChI=1S/C30H28ClN3O3/c1-20(16-21-8-4-3-5-9-21)34(2)29(36)18-22-12-13-24(26-11-7-6-10-25(22)26)19-32-33-30(37)23-14-15-28(35)27(31)17-23/h3-15,17,19-20,35H,16,18H2,1-2H3,(H,33,37)/b32-19+/t20-/m1/s1. The number of hydrazone groups is 1. The SMILES string of the molecule is C[C@H](Cc1ccccc1)N(C)C(=O)Cc1ccc(/C=N/NC(=O)c2ccc(O)c(Cl)c2)c2ccccc12. The summed E-state index contributed by atoms with van der Waals surface area (Å²) in [5.74, 6) is -0.490. The van der Waals surface area contributed by atoms with Crippen LogP contribution >= 0.6 is 11.6 Å². The van der Waals surface area contributed by atoms with Crippen LogP contribution in [0.15, 0.2) is 90.0 Å². The van der Waals surface area contributed by atoms with Crippen LogP contribution in [-0.2, 0) is 17.6 Å². The fourth-order valence-electron chi connectivity index (χ4n) is 4.15. The molecule has 4 aromatic rings. The first-order valence-corrected chi connectivity index (χ1v) is 12.3. The Morgan fingerprint density at radius 2 is 1.70 bits per heavy atom. The number of carbonyl (C=O) groups excluding carboxylic acids is 2. The number of amides is 2. The molecule has 4 aromatic carbocycles. The Bertz CT molecular complexity index is 1450. The minimum atomic E-state index is -0.447. The van der Waals surface area contributed by atoms with Gasteiger partial charge in [-0.2, -0.15) is 5.10 Å². The molecule has 2 N–H and O–H groups in total. The lowest BCUT2D eigenvalue weighted by molar-refractivity contribution is -0.130. The van der Waals surface area contributed by atoms with Crippen LogP contribution in [0.3, 0.4) is 0 Å². The summed E-state index contributed by atoms with van der Waals surface area (Å²) in [5.41, 5.74) is 5.70. The number of aromatic hydroxyl groups is 1. The van der Waals surface area contributed by atoms with Gasteiger partial charge < -0.3 is 10.0 Å². The van der Waals surface area contributed by atoms with Crippen LogP contribution in [0.5, 0.6) is 5.75 Å². The molecule has 0 aliphatic carbocycles. The van der Waals surface area contributed by atoms with E-state index >= 15 is 0 Å². The predicted molar refractivity (Wildman–Crippen MR) is 148 cm³/mol. The van der Waals surface area contributed by atoms with Crippen molar-refractivity contribution in [3.05, 3.63) is 112 Å². The molecule has 2 amide bonds. The van der Waals surface area contributed by atoms with E-state index in [9.17, 15) is 14.7 Å². The fourth-order valence-corrected chi connectivity index (χ4v) is 4.33. The third-order valence-electron chi connectivity index (χ3n) is 6.40. The van der Waals surface area contributed by atoms with Gasteiger partial charge in [0.05, 0.1) is 17.7 Å². The molecule has 0 bridgehead atoms. The van der Waals surface area contributed by atoms with Crippen molar-refractivity contribution in [2.24, 2.45) is 5.10 Å². The van der Waals surface area contributed by atoms with E-state index in [1.165, 1.54) is 23.8 Å². The van der Waals surface area contributed by atoms with E-state index in [-0.39, 0.29) is 34.7 Å². The zero-order chi connectivity index (χ0) is 26.4. The zero-order valence-electron chi connectivity index (χ0n) is 20.7. The van der Waals surface area contributed by atoms with Gasteiger partial charge >= 0.3 is 0 Å². The molecular formula is C30H28ClN3O3. The van der Waals surface area contributed by atoms with Crippen LogP contribution in [0.1, 0.15) is 34.0 Å². The molecule has 0 unspecified atom stereocenters. The Kier molecular flexibility index (Phi) is 8.21. The largest absolute Gasteiger partial charge is 0.506 e. The van der Waals surface area contributed by atoms with E-state index < -0.39 is 5.91 Å². The lowest BCUT2D eigenvalue weighted by Gasteiger charge is -2.25. The van der Waals surface area contributed by atoms with Gasteiger partial charge in [-0.05, 0) is 53.4 Å². The number of likely N-dealkylation sites (N-methyl/N-ethyl adjacent to an activating group) is 1. The molecule has 0 aliphatic rings. The summed E-state index contributed by atoms with van der Waals surface area (Å²) in [7, 11) is 1.85. The lowest BCUT2D eigenvalue weighted by atomic mass is 9.97. The lowest BCUT2D eigenvalue weighted by Crippen LogP contribution is -2.37. The Morgan fingerprint density at radius 1 is 1.00 bits per heavy atom. The Hall–Kier alpha value is -4.16. The summed E-state index contributed by atoms with van der Waals surface area (Å²) in [6.07, 6.45) is 2.65. The molecule has 7 heteroatoms. The summed E-state index contributed by atoms with van der Waals surface area (Å²) in [6, 6.07) is 26.1. The highest BCUT2D eigenvalue weighted by Gasteiger charge is 2.18. The van der Waals surface area contributed by atoms with Crippen LogP contribution in [-0.4, -0.2) is 41.1 Å². The number of nitrogens with zero attached hydrogens (tertiary/aromatic N) is 2. The monoisotopic (exact) mass is 513 g/mol. The normalized spacial score (nSPS) is 12.0.